The number of aliphatic imine (C=N–C) groups is 1. The molecule has 1 saturated heterocycles. The van der Waals surface area contributed by atoms with Crippen LogP contribution < -0.4 is 16.4 Å². The Hall–Kier alpha value is -2.32. The first-order valence-electron chi connectivity index (χ1n) is 13.0. The van der Waals surface area contributed by atoms with Crippen molar-refractivity contribution in [3.05, 3.63) is 63.6 Å². The highest BCUT2D eigenvalue weighted by atomic mass is 35.5. The van der Waals surface area contributed by atoms with Crippen molar-refractivity contribution < 1.29 is 9.53 Å². The molecule has 200 valence electrons. The Balaban J connectivity index is 1.57. The molecule has 4 atom stereocenters. The van der Waals surface area contributed by atoms with Crippen LogP contribution in [0.15, 0.2) is 47.5 Å². The normalized spacial score (nSPS) is 23.5. The van der Waals surface area contributed by atoms with E-state index in [2.05, 4.69) is 22.5 Å². The number of piperazine rings is 1. The van der Waals surface area contributed by atoms with Gasteiger partial charge < -0.3 is 26.0 Å². The van der Waals surface area contributed by atoms with Crippen molar-refractivity contribution in [3.8, 4) is 0 Å². The fraction of sp³-hybridized carbons (Fsp3) is 0.500. The number of carbonyl (C=O) groups is 1. The number of methoxy groups -OCH3 is 1. The van der Waals surface area contributed by atoms with Gasteiger partial charge >= 0.3 is 0 Å². The van der Waals surface area contributed by atoms with E-state index in [-0.39, 0.29) is 30.4 Å². The second kappa shape index (κ2) is 13.0. The summed E-state index contributed by atoms with van der Waals surface area (Å²) in [7, 11) is 1.79. The molecule has 7 nitrogen and oxygen atoms in total. The highest BCUT2D eigenvalue weighted by Crippen LogP contribution is 2.35. The van der Waals surface area contributed by atoms with Crippen LogP contribution in [0.1, 0.15) is 56.1 Å². The highest BCUT2D eigenvalue weighted by Gasteiger charge is 2.25. The van der Waals surface area contributed by atoms with Crippen molar-refractivity contribution in [2.24, 2.45) is 10.7 Å². The number of halogens is 2. The number of amides is 1. The average Bonchev–Trinajstić information content (AvgIpc) is 2.88. The van der Waals surface area contributed by atoms with E-state index in [1.807, 2.05) is 30.3 Å². The quantitative estimate of drug-likeness (QED) is 0.335. The van der Waals surface area contributed by atoms with E-state index in [9.17, 15) is 4.79 Å². The maximum atomic E-state index is 11.9. The van der Waals surface area contributed by atoms with E-state index < -0.39 is 0 Å². The molecule has 1 aliphatic carbocycles. The Morgan fingerprint density at radius 1 is 1.24 bits per heavy atom. The molecule has 1 aliphatic heterocycles. The van der Waals surface area contributed by atoms with Crippen molar-refractivity contribution in [2.45, 2.75) is 63.1 Å². The van der Waals surface area contributed by atoms with Crippen LogP contribution in [-0.2, 0) is 9.53 Å². The monoisotopic (exact) mass is 545 g/mol. The number of hydrogen-bond acceptors (Lipinski definition) is 4. The number of nitrogens with two attached hydrogens (primary N) is 1. The molecule has 0 aromatic heterocycles. The SMILES string of the molecule is COC1CCCC(N=C(Nc2ccc(C(CC(N)=O)c3ccc(Cl)cc3Cl)cc2)N2CCN[C@@H](C)C2)C1. The summed E-state index contributed by atoms with van der Waals surface area (Å²) < 4.78 is 5.64. The van der Waals surface area contributed by atoms with E-state index in [1.165, 1.54) is 0 Å². The van der Waals surface area contributed by atoms with E-state index >= 15 is 0 Å². The number of carbonyl (C=O) groups excluding carboxylic acids is 1. The topological polar surface area (TPSA) is 92.0 Å². The zero-order chi connectivity index (χ0) is 26.4. The van der Waals surface area contributed by atoms with Crippen LogP contribution >= 0.6 is 23.2 Å². The number of ether oxygens (including phenoxy) is 1. The molecule has 9 heteroatoms. The van der Waals surface area contributed by atoms with E-state index in [0.717, 1.165) is 68.1 Å². The maximum absolute atomic E-state index is 11.9. The summed E-state index contributed by atoms with van der Waals surface area (Å²) >= 11 is 12.6. The highest BCUT2D eigenvalue weighted by molar-refractivity contribution is 6.35. The Bertz CT molecular complexity index is 1090. The lowest BCUT2D eigenvalue weighted by Crippen LogP contribution is -2.53. The van der Waals surface area contributed by atoms with Gasteiger partial charge in [-0.15, -0.1) is 0 Å². The molecule has 2 aromatic carbocycles. The third-order valence-electron chi connectivity index (χ3n) is 7.22. The zero-order valence-corrected chi connectivity index (χ0v) is 23.1. The van der Waals surface area contributed by atoms with Gasteiger partial charge in [-0.1, -0.05) is 41.4 Å². The average molecular weight is 547 g/mol. The second-order valence-electron chi connectivity index (χ2n) is 10.1. The van der Waals surface area contributed by atoms with Gasteiger partial charge in [-0.25, -0.2) is 4.99 Å². The lowest BCUT2D eigenvalue weighted by molar-refractivity contribution is -0.118. The summed E-state index contributed by atoms with van der Waals surface area (Å²) in [6.07, 6.45) is 4.66. The largest absolute Gasteiger partial charge is 0.381 e. The van der Waals surface area contributed by atoms with Gasteiger partial charge in [0.2, 0.25) is 5.91 Å². The minimum absolute atomic E-state index is 0.155. The Morgan fingerprint density at radius 3 is 2.70 bits per heavy atom. The summed E-state index contributed by atoms with van der Waals surface area (Å²) in [6.45, 7) is 4.90. The van der Waals surface area contributed by atoms with Crippen LogP contribution in [-0.4, -0.2) is 61.7 Å². The first-order chi connectivity index (χ1) is 17.8. The van der Waals surface area contributed by atoms with E-state index in [0.29, 0.717) is 16.1 Å². The molecule has 4 N–H and O–H groups in total. The molecular weight excluding hydrogens is 509 g/mol. The summed E-state index contributed by atoms with van der Waals surface area (Å²) in [4.78, 5) is 19.4. The minimum Gasteiger partial charge on any atom is -0.381 e. The number of guanidine groups is 1. The molecule has 2 aromatic rings. The smallest absolute Gasteiger partial charge is 0.218 e. The molecule has 1 saturated carbocycles. The van der Waals surface area contributed by atoms with Gasteiger partial charge in [0, 0.05) is 60.9 Å². The Labute approximate surface area is 229 Å². The molecule has 3 unspecified atom stereocenters. The molecule has 37 heavy (non-hydrogen) atoms. The van der Waals surface area contributed by atoms with Crippen molar-refractivity contribution in [3.63, 3.8) is 0 Å². The molecule has 2 aliphatic rings. The van der Waals surface area contributed by atoms with Crippen LogP contribution in [0.4, 0.5) is 5.69 Å². The van der Waals surface area contributed by atoms with Gasteiger partial charge in [-0.3, -0.25) is 4.79 Å². The van der Waals surface area contributed by atoms with Crippen LogP contribution in [0.25, 0.3) is 0 Å². The van der Waals surface area contributed by atoms with Gasteiger partial charge in [0.1, 0.15) is 0 Å². The maximum Gasteiger partial charge on any atom is 0.218 e. The third-order valence-corrected chi connectivity index (χ3v) is 7.78. The first-order valence-corrected chi connectivity index (χ1v) is 13.8. The van der Waals surface area contributed by atoms with Crippen molar-refractivity contribution in [1.82, 2.24) is 10.2 Å². The Morgan fingerprint density at radius 2 is 2.03 bits per heavy atom. The van der Waals surface area contributed by atoms with Crippen LogP contribution in [0.5, 0.6) is 0 Å². The molecule has 1 heterocycles. The van der Waals surface area contributed by atoms with E-state index in [1.54, 1.807) is 19.2 Å². The van der Waals surface area contributed by atoms with Gasteiger partial charge in [0.15, 0.2) is 5.96 Å². The van der Waals surface area contributed by atoms with Gasteiger partial charge in [0.25, 0.3) is 0 Å². The summed E-state index contributed by atoms with van der Waals surface area (Å²) in [5, 5.41) is 8.16. The first kappa shape index (κ1) is 27.7. The lowest BCUT2D eigenvalue weighted by Gasteiger charge is -2.35. The summed E-state index contributed by atoms with van der Waals surface area (Å²) in [5.41, 5.74) is 8.31. The molecule has 2 fully saturated rings. The van der Waals surface area contributed by atoms with Gasteiger partial charge in [0.05, 0.1) is 12.1 Å². The van der Waals surface area contributed by atoms with Crippen molar-refractivity contribution in [2.75, 3.05) is 32.1 Å². The Kier molecular flexibility index (Phi) is 9.71. The zero-order valence-electron chi connectivity index (χ0n) is 21.6. The van der Waals surface area contributed by atoms with Crippen LogP contribution in [0.3, 0.4) is 0 Å². The number of anilines is 1. The molecule has 1 amide bonds. The van der Waals surface area contributed by atoms with E-state index in [4.69, 9.17) is 38.7 Å². The molecule has 0 spiro atoms. The summed E-state index contributed by atoms with van der Waals surface area (Å²) in [5.74, 6) is 0.256. The fourth-order valence-corrected chi connectivity index (χ4v) is 5.80. The number of primary amides is 1. The molecule has 0 bridgehead atoms. The number of nitrogens with zero attached hydrogens (tertiary/aromatic N) is 2. The fourth-order valence-electron chi connectivity index (χ4n) is 5.26. The molecule has 4 rings (SSSR count). The van der Waals surface area contributed by atoms with Crippen LogP contribution in [0, 0.1) is 0 Å². The van der Waals surface area contributed by atoms with Crippen molar-refractivity contribution in [1.29, 1.82) is 0 Å². The number of hydrogen-bond donors (Lipinski definition) is 3. The lowest BCUT2D eigenvalue weighted by atomic mass is 9.88. The minimum atomic E-state index is -0.387. The predicted octanol–water partition coefficient (Wildman–Crippen LogP) is 5.02. The predicted molar refractivity (Wildman–Crippen MR) is 152 cm³/mol. The number of rotatable bonds is 7. The van der Waals surface area contributed by atoms with Crippen molar-refractivity contribution >= 4 is 40.8 Å². The second-order valence-corrected chi connectivity index (χ2v) is 10.9. The summed E-state index contributed by atoms with van der Waals surface area (Å²) in [6, 6.07) is 14.0. The molecular formula is C28H37Cl2N5O2. The number of benzene rings is 2. The number of nitrogens with one attached hydrogen (secondary N) is 2. The van der Waals surface area contributed by atoms with Crippen LogP contribution in [0.2, 0.25) is 10.0 Å². The van der Waals surface area contributed by atoms with Gasteiger partial charge in [-0.2, -0.15) is 0 Å². The third kappa shape index (κ3) is 7.60. The van der Waals surface area contributed by atoms with Gasteiger partial charge in [-0.05, 0) is 68.0 Å². The standard InChI is InChI=1S/C28H37Cl2N5O2/c1-18-17-35(13-12-32-18)28(34-22-4-3-5-23(15-22)37-2)33-21-9-6-19(7-10-21)25(16-27(31)36)24-11-8-20(29)14-26(24)30/h6-11,14,18,22-23,25,32H,3-5,12-13,15-17H2,1-2H3,(H2,31,36)(H,33,34)/t18-,22?,23?,25?/m0/s1. The molecule has 0 radical (unpaired) electrons.